The topological polar surface area (TPSA) is 66.0 Å². The highest BCUT2D eigenvalue weighted by molar-refractivity contribution is 6.32. The summed E-state index contributed by atoms with van der Waals surface area (Å²) < 4.78 is 6.76. The molecule has 5 nitrogen and oxygen atoms in total. The molecule has 1 aromatic heterocycles. The summed E-state index contributed by atoms with van der Waals surface area (Å²) in [5.74, 6) is 1.00. The van der Waals surface area contributed by atoms with Gasteiger partial charge in [-0.15, -0.1) is 5.10 Å². The van der Waals surface area contributed by atoms with E-state index in [-0.39, 0.29) is 0 Å². The third-order valence-electron chi connectivity index (χ3n) is 2.31. The monoisotopic (exact) mass is 238 g/mol. The van der Waals surface area contributed by atoms with Crippen LogP contribution in [0.4, 0.5) is 5.82 Å². The summed E-state index contributed by atoms with van der Waals surface area (Å²) in [6, 6.07) is 5.35. The largest absolute Gasteiger partial charge is 0.495 e. The van der Waals surface area contributed by atoms with Gasteiger partial charge >= 0.3 is 0 Å². The number of nitrogens with zero attached hydrogens (tertiary/aromatic N) is 3. The number of nitrogen functional groups attached to an aromatic ring is 1. The van der Waals surface area contributed by atoms with Crippen molar-refractivity contribution >= 4 is 17.4 Å². The fraction of sp³-hybridized carbons (Fsp3) is 0.200. The summed E-state index contributed by atoms with van der Waals surface area (Å²) in [6.07, 6.45) is 0. The average Bonchev–Trinajstić information content (AvgIpc) is 2.61. The van der Waals surface area contributed by atoms with Gasteiger partial charge in [0.2, 0.25) is 0 Å². The maximum atomic E-state index is 5.93. The molecule has 0 amide bonds. The van der Waals surface area contributed by atoms with E-state index in [1.165, 1.54) is 0 Å². The Morgan fingerprint density at radius 1 is 1.44 bits per heavy atom. The Balaban J connectivity index is 2.52. The van der Waals surface area contributed by atoms with Gasteiger partial charge in [0, 0.05) is 6.07 Å². The average molecular weight is 239 g/mol. The van der Waals surface area contributed by atoms with Crippen LogP contribution in [0, 0.1) is 6.92 Å². The van der Waals surface area contributed by atoms with Gasteiger partial charge in [-0.1, -0.05) is 16.8 Å². The first-order valence-corrected chi connectivity index (χ1v) is 5.03. The number of methoxy groups -OCH3 is 1. The number of hydrogen-bond acceptors (Lipinski definition) is 4. The van der Waals surface area contributed by atoms with Crippen molar-refractivity contribution in [3.05, 3.63) is 28.9 Å². The minimum Gasteiger partial charge on any atom is -0.495 e. The van der Waals surface area contributed by atoms with Gasteiger partial charge in [-0.25, -0.2) is 4.68 Å². The van der Waals surface area contributed by atoms with Crippen molar-refractivity contribution in [1.29, 1.82) is 0 Å². The van der Waals surface area contributed by atoms with E-state index in [1.54, 1.807) is 23.9 Å². The molecule has 0 atom stereocenters. The van der Waals surface area contributed by atoms with Gasteiger partial charge in [0.25, 0.3) is 0 Å². The number of benzene rings is 1. The summed E-state index contributed by atoms with van der Waals surface area (Å²) in [6.45, 7) is 1.84. The van der Waals surface area contributed by atoms with Crippen molar-refractivity contribution in [2.75, 3.05) is 12.8 Å². The minimum atomic E-state index is 0.411. The number of nitrogens with two attached hydrogens (primary N) is 1. The first-order chi connectivity index (χ1) is 7.63. The molecule has 2 aromatic rings. The number of ether oxygens (including phenoxy) is 1. The normalized spacial score (nSPS) is 10.4. The number of hydrogen-bond donors (Lipinski definition) is 1. The second-order valence-corrected chi connectivity index (χ2v) is 3.70. The van der Waals surface area contributed by atoms with Gasteiger partial charge in [0.1, 0.15) is 5.75 Å². The maximum Gasteiger partial charge on any atom is 0.169 e. The Morgan fingerprint density at radius 3 is 2.75 bits per heavy atom. The molecule has 0 spiro atoms. The van der Waals surface area contributed by atoms with E-state index < -0.39 is 0 Å². The van der Waals surface area contributed by atoms with Crippen LogP contribution in [0.1, 0.15) is 5.69 Å². The molecule has 1 heterocycles. The van der Waals surface area contributed by atoms with Crippen molar-refractivity contribution in [3.8, 4) is 11.4 Å². The molecule has 0 saturated carbocycles. The summed E-state index contributed by atoms with van der Waals surface area (Å²) in [5.41, 5.74) is 7.22. The van der Waals surface area contributed by atoms with Gasteiger partial charge in [-0.3, -0.25) is 0 Å². The van der Waals surface area contributed by atoms with Crippen LogP contribution in [0.15, 0.2) is 18.2 Å². The molecule has 2 rings (SSSR count). The molecule has 0 aliphatic rings. The van der Waals surface area contributed by atoms with Crippen LogP contribution >= 0.6 is 11.6 Å². The van der Waals surface area contributed by atoms with E-state index in [1.807, 2.05) is 13.0 Å². The molecular formula is C10H11ClN4O. The highest BCUT2D eigenvalue weighted by Gasteiger charge is 2.09. The molecule has 0 aliphatic carbocycles. The third-order valence-corrected chi connectivity index (χ3v) is 2.62. The molecule has 0 unspecified atom stereocenters. The Hall–Kier alpha value is -1.75. The lowest BCUT2D eigenvalue weighted by Gasteiger charge is -2.07. The molecule has 0 bridgehead atoms. The molecule has 1 aromatic carbocycles. The van der Waals surface area contributed by atoms with Crippen LogP contribution in [0.2, 0.25) is 5.02 Å². The van der Waals surface area contributed by atoms with Gasteiger partial charge in [0.05, 0.1) is 23.5 Å². The molecule has 0 aliphatic heterocycles. The van der Waals surface area contributed by atoms with Crippen LogP contribution in [0.25, 0.3) is 5.69 Å². The second-order valence-electron chi connectivity index (χ2n) is 3.29. The number of aromatic nitrogens is 3. The van der Waals surface area contributed by atoms with E-state index in [9.17, 15) is 0 Å². The number of rotatable bonds is 2. The van der Waals surface area contributed by atoms with E-state index in [2.05, 4.69) is 10.3 Å². The van der Waals surface area contributed by atoms with E-state index >= 15 is 0 Å². The van der Waals surface area contributed by atoms with Crippen LogP contribution in [-0.2, 0) is 0 Å². The van der Waals surface area contributed by atoms with Crippen molar-refractivity contribution in [3.63, 3.8) is 0 Å². The predicted octanol–water partition coefficient (Wildman–Crippen LogP) is 1.82. The van der Waals surface area contributed by atoms with Gasteiger partial charge < -0.3 is 10.5 Å². The van der Waals surface area contributed by atoms with Gasteiger partial charge in [0.15, 0.2) is 5.82 Å². The standard InChI is InChI=1S/C10H11ClN4O/c1-6-10(12)13-14-15(6)7-3-4-8(11)9(5-7)16-2/h3-5H,12H2,1-2H3. The second kappa shape index (κ2) is 4.02. The van der Waals surface area contributed by atoms with Crippen LogP contribution < -0.4 is 10.5 Å². The first-order valence-electron chi connectivity index (χ1n) is 4.65. The molecule has 0 saturated heterocycles. The summed E-state index contributed by atoms with van der Waals surface area (Å²) >= 11 is 5.93. The molecule has 0 radical (unpaired) electrons. The van der Waals surface area contributed by atoms with Crippen molar-refractivity contribution < 1.29 is 4.74 Å². The molecule has 0 fully saturated rings. The SMILES string of the molecule is COc1cc(-n2nnc(N)c2C)ccc1Cl. The lowest BCUT2D eigenvalue weighted by Crippen LogP contribution is -2.00. The maximum absolute atomic E-state index is 5.93. The molecule has 6 heteroatoms. The van der Waals surface area contributed by atoms with Crippen molar-refractivity contribution in [1.82, 2.24) is 15.0 Å². The zero-order valence-electron chi connectivity index (χ0n) is 8.94. The summed E-state index contributed by atoms with van der Waals surface area (Å²) in [7, 11) is 1.56. The quantitative estimate of drug-likeness (QED) is 0.867. The molecule has 16 heavy (non-hydrogen) atoms. The van der Waals surface area contributed by atoms with E-state index in [4.69, 9.17) is 22.1 Å². The highest BCUT2D eigenvalue weighted by Crippen LogP contribution is 2.27. The number of anilines is 1. The lowest BCUT2D eigenvalue weighted by atomic mass is 10.3. The fourth-order valence-corrected chi connectivity index (χ4v) is 1.56. The summed E-state index contributed by atoms with van der Waals surface area (Å²) in [5, 5.41) is 8.27. The lowest BCUT2D eigenvalue weighted by molar-refractivity contribution is 0.414. The van der Waals surface area contributed by atoms with Gasteiger partial charge in [-0.05, 0) is 19.1 Å². The Bertz CT molecular complexity index is 524. The van der Waals surface area contributed by atoms with Crippen LogP contribution in [0.3, 0.4) is 0 Å². The van der Waals surface area contributed by atoms with Gasteiger partial charge in [-0.2, -0.15) is 0 Å². The zero-order chi connectivity index (χ0) is 11.7. The zero-order valence-corrected chi connectivity index (χ0v) is 9.69. The molecule has 84 valence electrons. The highest BCUT2D eigenvalue weighted by atomic mass is 35.5. The van der Waals surface area contributed by atoms with Crippen LogP contribution in [0.5, 0.6) is 5.75 Å². The van der Waals surface area contributed by atoms with E-state index in [0.29, 0.717) is 16.6 Å². The predicted molar refractivity (Wildman–Crippen MR) is 62.1 cm³/mol. The molecular weight excluding hydrogens is 228 g/mol. The smallest absolute Gasteiger partial charge is 0.169 e. The van der Waals surface area contributed by atoms with Crippen molar-refractivity contribution in [2.45, 2.75) is 6.92 Å². The Morgan fingerprint density at radius 2 is 2.19 bits per heavy atom. The van der Waals surface area contributed by atoms with Crippen LogP contribution in [-0.4, -0.2) is 22.1 Å². The van der Waals surface area contributed by atoms with Crippen molar-refractivity contribution in [2.24, 2.45) is 0 Å². The molecule has 2 N–H and O–H groups in total. The third kappa shape index (κ3) is 1.69. The Labute approximate surface area is 97.8 Å². The summed E-state index contributed by atoms with van der Waals surface area (Å²) in [4.78, 5) is 0. The van der Waals surface area contributed by atoms with E-state index in [0.717, 1.165) is 11.4 Å². The number of halogens is 1. The minimum absolute atomic E-state index is 0.411. The first kappa shape index (κ1) is 10.8. The Kier molecular flexibility index (Phi) is 2.70. The fourth-order valence-electron chi connectivity index (χ4n) is 1.37.